The summed E-state index contributed by atoms with van der Waals surface area (Å²) in [5.74, 6) is 0. The van der Waals surface area contributed by atoms with Crippen molar-refractivity contribution in [1.29, 1.82) is 0 Å². The van der Waals surface area contributed by atoms with Gasteiger partial charge in [-0.25, -0.2) is 3.97 Å². The zero-order valence-corrected chi connectivity index (χ0v) is 4.11. The molecule has 0 amide bonds. The predicted octanol–water partition coefficient (Wildman–Crippen LogP) is -0.419. The summed E-state index contributed by atoms with van der Waals surface area (Å²) >= 11 is 3.00. The molecule has 34 valence electrons. The molecule has 6 heavy (non-hydrogen) atoms. The molecule has 0 aromatic carbocycles. The normalized spacial score (nSPS) is 12.3. The van der Waals surface area contributed by atoms with E-state index in [0.717, 1.165) is 0 Å². The minimum atomic E-state index is -2.76. The van der Waals surface area contributed by atoms with Gasteiger partial charge >= 0.3 is 59.6 Å². The fourth-order valence-electron chi connectivity index (χ4n) is 0. The molecule has 1 N–H and O–H groups in total. The van der Waals surface area contributed by atoms with Crippen molar-refractivity contribution in [2.45, 2.75) is 0 Å². The van der Waals surface area contributed by atoms with Crippen LogP contribution in [-0.4, -0.2) is 56.3 Å². The summed E-state index contributed by atoms with van der Waals surface area (Å²) in [5, 5.41) is 0. The molecule has 0 aliphatic carbocycles. The summed E-state index contributed by atoms with van der Waals surface area (Å²) < 4.78 is 12.8. The first-order valence-electron chi connectivity index (χ1n) is 0.814. The molecule has 0 saturated heterocycles. The molecular weight excluding hydrogens is 150 g/mol. The van der Waals surface area contributed by atoms with E-state index >= 15 is 0 Å². The van der Waals surface area contributed by atoms with E-state index in [1.54, 1.807) is 0 Å². The van der Waals surface area contributed by atoms with E-state index in [-0.39, 0.29) is 51.4 Å². The van der Waals surface area contributed by atoms with Crippen LogP contribution in [0.5, 0.6) is 0 Å². The van der Waals surface area contributed by atoms with Crippen molar-refractivity contribution >= 4 is 72.5 Å². The Bertz CT molecular complexity index is 46.1. The van der Waals surface area contributed by atoms with Gasteiger partial charge in [-0.15, -0.1) is 0 Å². The molecule has 0 heterocycles. The zero-order chi connectivity index (χ0) is 4.28. The molecule has 1 atom stereocenters. The third-order valence-corrected chi connectivity index (χ3v) is 0.703. The molecule has 3 nitrogen and oxygen atoms in total. The Morgan fingerprint density at radius 1 is 1.83 bits per heavy atom. The summed E-state index contributed by atoms with van der Waals surface area (Å²) in [6.07, 6.45) is 0. The van der Waals surface area contributed by atoms with Gasteiger partial charge < -0.3 is 4.89 Å². The summed E-state index contributed by atoms with van der Waals surface area (Å²) in [6, 6.07) is 0. The molecule has 0 aromatic rings. The van der Waals surface area contributed by atoms with Gasteiger partial charge in [0.2, 0.25) is 0 Å². The Hall–Kier alpha value is 2.14. The van der Waals surface area contributed by atoms with E-state index in [4.69, 9.17) is 4.89 Å². The molecule has 0 aliphatic heterocycles. The Balaban J connectivity index is 0. The van der Waals surface area contributed by atoms with Crippen molar-refractivity contribution in [3.05, 3.63) is 0 Å². The van der Waals surface area contributed by atoms with Gasteiger partial charge in [0.1, 0.15) is 0 Å². The van der Waals surface area contributed by atoms with Crippen LogP contribution in [0.25, 0.3) is 0 Å². The van der Waals surface area contributed by atoms with E-state index in [9.17, 15) is 4.57 Å². The third-order valence-electron chi connectivity index (χ3n) is 0.0781. The first-order valence-corrected chi connectivity index (χ1v) is 2.44. The van der Waals surface area contributed by atoms with Gasteiger partial charge in [-0.05, 0) is 12.9 Å². The molecule has 0 aliphatic rings. The molecule has 0 fully saturated rings. The van der Waals surface area contributed by atoms with Gasteiger partial charge in [-0.1, -0.05) is 0 Å². The molecule has 0 saturated carbocycles. The van der Waals surface area contributed by atoms with E-state index in [1.165, 1.54) is 0 Å². The average molecular weight is 154 g/mol. The fraction of sp³-hybridized carbons (Fsp3) is 0. The fourth-order valence-corrected chi connectivity index (χ4v) is 0. The van der Waals surface area contributed by atoms with Crippen LogP contribution in [0.2, 0.25) is 0 Å². The number of hydrogen-bond acceptors (Lipinski definition) is 3. The van der Waals surface area contributed by atoms with Crippen LogP contribution in [0.4, 0.5) is 0 Å². The van der Waals surface area contributed by atoms with Crippen molar-refractivity contribution in [2.24, 2.45) is 0 Å². The van der Waals surface area contributed by atoms with E-state index in [0.29, 0.717) is 0 Å². The Labute approximate surface area is 84.4 Å². The minimum absolute atomic E-state index is 0. The van der Waals surface area contributed by atoms with Crippen molar-refractivity contribution in [1.82, 2.24) is 0 Å². The van der Waals surface area contributed by atoms with Crippen molar-refractivity contribution < 1.29 is 13.4 Å². The van der Waals surface area contributed by atoms with E-state index < -0.39 is 8.25 Å². The Morgan fingerprint density at radius 3 is 2.00 bits per heavy atom. The summed E-state index contributed by atoms with van der Waals surface area (Å²) in [5.41, 5.74) is 0. The predicted molar refractivity (Wildman–Crippen MR) is 28.4 cm³/mol. The summed E-state index contributed by atoms with van der Waals surface area (Å²) in [7, 11) is -2.76. The van der Waals surface area contributed by atoms with Gasteiger partial charge in [0.15, 0.2) is 0 Å². The van der Waals surface area contributed by atoms with E-state index in [1.807, 2.05) is 0 Å². The summed E-state index contributed by atoms with van der Waals surface area (Å²) in [4.78, 5) is 7.61. The zero-order valence-electron chi connectivity index (χ0n) is 2.21. The quantitative estimate of drug-likeness (QED) is 0.233. The molecule has 0 spiro atoms. The monoisotopic (exact) mass is 154 g/mol. The van der Waals surface area contributed by atoms with Gasteiger partial charge in [-0.2, -0.15) is 0 Å². The van der Waals surface area contributed by atoms with Gasteiger partial charge in [-0.3, -0.25) is 4.57 Å². The maximum absolute atomic E-state index is 9.25. The second-order valence-corrected chi connectivity index (χ2v) is 1.62. The Morgan fingerprint density at radius 2 is 2.00 bits per heavy atom. The molecule has 0 bridgehead atoms. The average Bonchev–Trinajstić information content (AvgIpc) is 1.38. The van der Waals surface area contributed by atoms with Crippen LogP contribution in [0.1, 0.15) is 0 Å². The number of rotatable bonds is 1. The SMILES string of the molecule is O=[PH](O)OS.[KH]. The van der Waals surface area contributed by atoms with Crippen LogP contribution >= 0.6 is 21.2 Å². The van der Waals surface area contributed by atoms with Gasteiger partial charge in [0.25, 0.3) is 0 Å². The van der Waals surface area contributed by atoms with Crippen LogP contribution in [0.15, 0.2) is 0 Å². The van der Waals surface area contributed by atoms with Crippen molar-refractivity contribution in [3.8, 4) is 0 Å². The second-order valence-electron chi connectivity index (χ2n) is 0.357. The summed E-state index contributed by atoms with van der Waals surface area (Å²) in [6.45, 7) is 0. The van der Waals surface area contributed by atoms with Crippen molar-refractivity contribution in [3.63, 3.8) is 0 Å². The Kier molecular flexibility index (Phi) is 13.1. The van der Waals surface area contributed by atoms with Crippen LogP contribution in [-0.2, 0) is 8.54 Å². The van der Waals surface area contributed by atoms with Crippen LogP contribution in [0.3, 0.4) is 0 Å². The van der Waals surface area contributed by atoms with Crippen molar-refractivity contribution in [2.75, 3.05) is 0 Å². The second kappa shape index (κ2) is 7.14. The van der Waals surface area contributed by atoms with Gasteiger partial charge in [0.05, 0.1) is 0 Å². The molecule has 6 heteroatoms. The van der Waals surface area contributed by atoms with E-state index in [2.05, 4.69) is 16.9 Å². The molecule has 1 unspecified atom stereocenters. The molecule has 0 aromatic heterocycles. The molecular formula is H4KO3PS. The standard InChI is InChI=1S/K.H3O3PS.H/c;1-4(2)3-5;/h;4-5H,(H,1,2);. The third kappa shape index (κ3) is 9.46. The van der Waals surface area contributed by atoms with Crippen LogP contribution in [0, 0.1) is 0 Å². The topological polar surface area (TPSA) is 46.5 Å². The van der Waals surface area contributed by atoms with Crippen LogP contribution < -0.4 is 0 Å². The number of thiol groups is 1. The number of hydrogen-bond donors (Lipinski definition) is 2. The maximum atomic E-state index is 9.25. The molecule has 0 rings (SSSR count). The van der Waals surface area contributed by atoms with Gasteiger partial charge in [0, 0.05) is 0 Å². The first-order chi connectivity index (χ1) is 2.27. The first kappa shape index (κ1) is 11.0. The molecule has 0 radical (unpaired) electrons.